The zero-order chi connectivity index (χ0) is 32.5. The maximum Gasteiger partial charge on any atom is 0.258 e. The van der Waals surface area contributed by atoms with Gasteiger partial charge in [-0.2, -0.15) is 0 Å². The number of rotatable bonds is 28. The number of benzene rings is 2. The van der Waals surface area contributed by atoms with Crippen LogP contribution in [0.5, 0.6) is 0 Å². The van der Waals surface area contributed by atoms with E-state index in [0.29, 0.717) is 5.92 Å². The minimum atomic E-state index is 0.00558. The fraction of sp³-hybridized carbons (Fsp3) is 0.659. The van der Waals surface area contributed by atoms with Crippen molar-refractivity contribution in [2.45, 2.75) is 186 Å². The number of imidazole rings is 1. The van der Waals surface area contributed by atoms with E-state index < -0.39 is 0 Å². The molecule has 0 aliphatic rings. The molecule has 1 N–H and O–H groups in total. The maximum atomic E-state index is 3.80. The molecular weight excluding hydrogens is 556 g/mol. The van der Waals surface area contributed by atoms with E-state index in [2.05, 4.69) is 103 Å². The number of H-pyrrole nitrogens is 1. The Kier molecular flexibility index (Phi) is 19.8. The fourth-order valence-corrected chi connectivity index (χ4v) is 7.68. The van der Waals surface area contributed by atoms with Gasteiger partial charge in [-0.15, -0.1) is 0 Å². The molecule has 2 unspecified atom stereocenters. The van der Waals surface area contributed by atoms with Crippen LogP contribution in [-0.4, -0.2) is 4.98 Å². The van der Waals surface area contributed by atoms with Crippen LogP contribution in [0.3, 0.4) is 0 Å². The molecule has 2 atom stereocenters. The van der Waals surface area contributed by atoms with Gasteiger partial charge in [-0.25, -0.2) is 9.55 Å². The van der Waals surface area contributed by atoms with E-state index in [4.69, 9.17) is 0 Å². The summed E-state index contributed by atoms with van der Waals surface area (Å²) < 4.78 is 2.58. The van der Waals surface area contributed by atoms with Gasteiger partial charge in [-0.05, 0) is 36.8 Å². The maximum absolute atomic E-state index is 3.80. The molecule has 0 amide bonds. The number of hydrogen-bond acceptors (Lipinski definition) is 0. The van der Waals surface area contributed by atoms with E-state index in [1.165, 1.54) is 158 Å². The normalized spacial score (nSPS) is 13.5. The number of unbranched alkanes of at least 4 members (excludes halogenated alkanes) is 19. The van der Waals surface area contributed by atoms with Crippen LogP contribution >= 0.6 is 0 Å². The number of nitrogens with zero attached hydrogens (tertiary/aromatic N) is 1. The Bertz CT molecular complexity index is 1100. The van der Waals surface area contributed by atoms with Crippen LogP contribution < -0.4 is 4.57 Å². The molecule has 0 aliphatic heterocycles. The first-order valence-electron chi connectivity index (χ1n) is 19.8. The molecule has 3 aromatic rings. The molecule has 0 aliphatic carbocycles. The van der Waals surface area contributed by atoms with Crippen LogP contribution in [0, 0.1) is 0 Å². The van der Waals surface area contributed by atoms with Gasteiger partial charge in [0.15, 0.2) is 0 Å². The molecule has 46 heavy (non-hydrogen) atoms. The highest BCUT2D eigenvalue weighted by molar-refractivity contribution is 5.32. The first kappa shape index (κ1) is 38.1. The molecule has 0 spiro atoms. The molecule has 0 radical (unpaired) electrons. The summed E-state index contributed by atoms with van der Waals surface area (Å²) in [6.07, 6.45) is 36.0. The molecule has 0 fully saturated rings. The van der Waals surface area contributed by atoms with E-state index in [1.54, 1.807) is 0 Å². The van der Waals surface area contributed by atoms with E-state index in [0.717, 1.165) is 13.0 Å². The average molecular weight is 628 g/mol. The third-order valence-corrected chi connectivity index (χ3v) is 10.6. The third-order valence-electron chi connectivity index (χ3n) is 10.6. The van der Waals surface area contributed by atoms with Gasteiger partial charge in [0.05, 0.1) is 12.5 Å². The lowest BCUT2D eigenvalue weighted by Gasteiger charge is -2.37. The van der Waals surface area contributed by atoms with E-state index in [9.17, 15) is 0 Å². The van der Waals surface area contributed by atoms with Gasteiger partial charge in [0.25, 0.3) is 5.82 Å². The summed E-state index contributed by atoms with van der Waals surface area (Å²) in [6.45, 7) is 8.28. The Morgan fingerprint density at radius 2 is 1.02 bits per heavy atom. The minimum Gasteiger partial charge on any atom is -0.247 e. The van der Waals surface area contributed by atoms with Gasteiger partial charge in [0, 0.05) is 5.41 Å². The summed E-state index contributed by atoms with van der Waals surface area (Å²) in [5.74, 6) is 1.87. The van der Waals surface area contributed by atoms with Crippen molar-refractivity contribution in [1.82, 2.24) is 4.98 Å². The number of hydrogen-bond donors (Lipinski definition) is 1. The van der Waals surface area contributed by atoms with Crippen LogP contribution in [0.15, 0.2) is 73.1 Å². The zero-order valence-corrected chi connectivity index (χ0v) is 30.4. The van der Waals surface area contributed by atoms with E-state index in [-0.39, 0.29) is 5.41 Å². The summed E-state index contributed by atoms with van der Waals surface area (Å²) in [5, 5.41) is 0. The van der Waals surface area contributed by atoms with Gasteiger partial charge in [-0.1, -0.05) is 203 Å². The summed E-state index contributed by atoms with van der Waals surface area (Å²) in [4.78, 5) is 3.80. The molecule has 0 bridgehead atoms. The molecule has 1 aromatic heterocycles. The van der Waals surface area contributed by atoms with Crippen molar-refractivity contribution in [1.29, 1.82) is 0 Å². The summed E-state index contributed by atoms with van der Waals surface area (Å²) in [7, 11) is 0. The summed E-state index contributed by atoms with van der Waals surface area (Å²) in [6, 6.07) is 22.6. The number of aryl methyl sites for hydroxylation is 1. The number of nitrogens with one attached hydrogen (secondary N) is 1. The molecule has 0 saturated heterocycles. The standard InChI is InChI=1S/C44H70N2/c1-4-6-8-10-12-14-15-16-17-18-19-21-29-35-42(43-45-36-38-46(43)37-30-22-20-13-11-9-7-5-2)44(3,41-33-27-24-28-34-41)39-40-31-25-23-26-32-40/h23-28,31-34,36,38,42H,4-22,29-30,35,37,39H2,1-3H3/p+1. The Morgan fingerprint density at radius 3 is 1.54 bits per heavy atom. The lowest BCUT2D eigenvalue weighted by atomic mass is 9.66. The molecule has 0 saturated carbocycles. The van der Waals surface area contributed by atoms with Crippen molar-refractivity contribution >= 4 is 0 Å². The average Bonchev–Trinajstić information content (AvgIpc) is 3.54. The number of aromatic nitrogens is 2. The van der Waals surface area contributed by atoms with Gasteiger partial charge >= 0.3 is 0 Å². The topological polar surface area (TPSA) is 19.7 Å². The second kappa shape index (κ2) is 23.9. The third kappa shape index (κ3) is 14.2. The Labute approximate surface area is 285 Å². The van der Waals surface area contributed by atoms with Crippen molar-refractivity contribution in [2.75, 3.05) is 0 Å². The predicted octanol–water partition coefficient (Wildman–Crippen LogP) is 13.2. The molecule has 2 heteroatoms. The molecule has 2 aromatic carbocycles. The molecule has 3 rings (SSSR count). The SMILES string of the molecule is CCCCCCCCCCCCCCCC(c1[nH]cc[n+]1CCCCCCCCCC)C(C)(Cc1ccccc1)c1ccccc1. The second-order valence-electron chi connectivity index (χ2n) is 14.5. The lowest BCUT2D eigenvalue weighted by molar-refractivity contribution is -0.705. The molecule has 2 nitrogen and oxygen atoms in total. The molecular formula is C44H71N2+. The van der Waals surface area contributed by atoms with Gasteiger partial charge in [0.2, 0.25) is 0 Å². The van der Waals surface area contributed by atoms with Crippen LogP contribution in [0.25, 0.3) is 0 Å². The van der Waals surface area contributed by atoms with Crippen molar-refractivity contribution in [3.05, 3.63) is 90.0 Å². The first-order valence-corrected chi connectivity index (χ1v) is 19.8. The first-order chi connectivity index (χ1) is 22.7. The highest BCUT2D eigenvalue weighted by atomic mass is 15.1. The van der Waals surface area contributed by atoms with E-state index >= 15 is 0 Å². The van der Waals surface area contributed by atoms with Gasteiger partial charge < -0.3 is 0 Å². The zero-order valence-electron chi connectivity index (χ0n) is 30.4. The Hall–Kier alpha value is -2.35. The van der Waals surface area contributed by atoms with Crippen molar-refractivity contribution in [2.24, 2.45) is 0 Å². The fourth-order valence-electron chi connectivity index (χ4n) is 7.68. The quantitative estimate of drug-likeness (QED) is 0.0610. The highest BCUT2D eigenvalue weighted by Crippen LogP contribution is 2.43. The summed E-state index contributed by atoms with van der Waals surface area (Å²) >= 11 is 0. The highest BCUT2D eigenvalue weighted by Gasteiger charge is 2.41. The summed E-state index contributed by atoms with van der Waals surface area (Å²) in [5.41, 5.74) is 2.91. The molecule has 1 heterocycles. The minimum absolute atomic E-state index is 0.00558. The monoisotopic (exact) mass is 628 g/mol. The van der Waals surface area contributed by atoms with E-state index in [1.807, 2.05) is 0 Å². The van der Waals surface area contributed by atoms with Crippen LogP contribution in [0.4, 0.5) is 0 Å². The smallest absolute Gasteiger partial charge is 0.247 e. The Balaban J connectivity index is 1.62. The van der Waals surface area contributed by atoms with Crippen LogP contribution in [0.2, 0.25) is 0 Å². The van der Waals surface area contributed by atoms with Crippen molar-refractivity contribution in [3.8, 4) is 0 Å². The Morgan fingerprint density at radius 1 is 0.565 bits per heavy atom. The number of aromatic amines is 1. The lowest BCUT2D eigenvalue weighted by Crippen LogP contribution is -2.43. The largest absolute Gasteiger partial charge is 0.258 e. The van der Waals surface area contributed by atoms with Gasteiger partial charge in [-0.3, -0.25) is 0 Å². The van der Waals surface area contributed by atoms with Crippen molar-refractivity contribution < 1.29 is 4.57 Å². The second-order valence-corrected chi connectivity index (χ2v) is 14.5. The predicted molar refractivity (Wildman–Crippen MR) is 201 cm³/mol. The van der Waals surface area contributed by atoms with Gasteiger partial charge in [0.1, 0.15) is 12.4 Å². The van der Waals surface area contributed by atoms with Crippen LogP contribution in [-0.2, 0) is 18.4 Å². The molecule has 256 valence electrons. The van der Waals surface area contributed by atoms with Crippen molar-refractivity contribution in [3.63, 3.8) is 0 Å². The van der Waals surface area contributed by atoms with Crippen LogP contribution in [0.1, 0.15) is 185 Å².